The molecule has 1 amide bonds. The SMILES string of the molecule is CCC(NC(=O)c1cccc(Cl)c1Cl)c1ccc(Br)cc1. The molecule has 0 saturated carbocycles. The molecule has 21 heavy (non-hydrogen) atoms. The van der Waals surface area contributed by atoms with E-state index in [1.165, 1.54) is 0 Å². The summed E-state index contributed by atoms with van der Waals surface area (Å²) in [5, 5.41) is 3.65. The van der Waals surface area contributed by atoms with Crippen molar-refractivity contribution in [3.63, 3.8) is 0 Å². The molecule has 2 aromatic rings. The van der Waals surface area contributed by atoms with Crippen LogP contribution >= 0.6 is 39.1 Å². The Morgan fingerprint density at radius 3 is 2.48 bits per heavy atom. The minimum atomic E-state index is -0.225. The average Bonchev–Trinajstić information content (AvgIpc) is 2.48. The van der Waals surface area contributed by atoms with Crippen molar-refractivity contribution in [2.75, 3.05) is 0 Å². The summed E-state index contributed by atoms with van der Waals surface area (Å²) in [5.74, 6) is -0.225. The predicted octanol–water partition coefficient (Wildman–Crippen LogP) is 5.64. The van der Waals surface area contributed by atoms with E-state index in [-0.39, 0.29) is 17.0 Å². The predicted molar refractivity (Wildman–Crippen MR) is 91.1 cm³/mol. The molecule has 0 fully saturated rings. The van der Waals surface area contributed by atoms with Crippen LogP contribution in [0.3, 0.4) is 0 Å². The number of hydrogen-bond donors (Lipinski definition) is 1. The van der Waals surface area contributed by atoms with Crippen molar-refractivity contribution in [1.82, 2.24) is 5.32 Å². The van der Waals surface area contributed by atoms with Gasteiger partial charge in [-0.1, -0.05) is 64.3 Å². The number of carbonyl (C=O) groups excluding carboxylic acids is 1. The van der Waals surface area contributed by atoms with E-state index in [0.717, 1.165) is 16.5 Å². The molecule has 1 N–H and O–H groups in total. The van der Waals surface area contributed by atoms with Gasteiger partial charge in [-0.15, -0.1) is 0 Å². The van der Waals surface area contributed by atoms with Crippen LogP contribution in [0.5, 0.6) is 0 Å². The fourth-order valence-electron chi connectivity index (χ4n) is 2.03. The van der Waals surface area contributed by atoms with Crippen LogP contribution in [-0.2, 0) is 0 Å². The number of benzene rings is 2. The molecular formula is C16H14BrCl2NO. The molecule has 110 valence electrons. The van der Waals surface area contributed by atoms with E-state index in [4.69, 9.17) is 23.2 Å². The van der Waals surface area contributed by atoms with E-state index in [9.17, 15) is 4.79 Å². The quantitative estimate of drug-likeness (QED) is 0.723. The Morgan fingerprint density at radius 2 is 1.86 bits per heavy atom. The minimum absolute atomic E-state index is 0.0688. The molecule has 0 spiro atoms. The van der Waals surface area contributed by atoms with Gasteiger partial charge in [-0.3, -0.25) is 4.79 Å². The lowest BCUT2D eigenvalue weighted by Gasteiger charge is -2.18. The maximum Gasteiger partial charge on any atom is 0.253 e. The van der Waals surface area contributed by atoms with Gasteiger partial charge >= 0.3 is 0 Å². The maximum atomic E-state index is 12.4. The molecule has 0 radical (unpaired) electrons. The molecular weight excluding hydrogens is 373 g/mol. The normalized spacial score (nSPS) is 12.0. The van der Waals surface area contributed by atoms with Gasteiger partial charge in [0.05, 0.1) is 21.7 Å². The molecule has 0 aromatic heterocycles. The van der Waals surface area contributed by atoms with Crippen molar-refractivity contribution in [1.29, 1.82) is 0 Å². The van der Waals surface area contributed by atoms with Crippen molar-refractivity contribution in [3.8, 4) is 0 Å². The van der Waals surface area contributed by atoms with Crippen LogP contribution in [-0.4, -0.2) is 5.91 Å². The molecule has 2 nitrogen and oxygen atoms in total. The van der Waals surface area contributed by atoms with Gasteiger partial charge in [-0.2, -0.15) is 0 Å². The highest BCUT2D eigenvalue weighted by atomic mass is 79.9. The fraction of sp³-hybridized carbons (Fsp3) is 0.188. The molecule has 5 heteroatoms. The van der Waals surface area contributed by atoms with Gasteiger partial charge in [-0.25, -0.2) is 0 Å². The Hall–Kier alpha value is -1.03. The number of amides is 1. The third kappa shape index (κ3) is 4.00. The van der Waals surface area contributed by atoms with Crippen molar-refractivity contribution >= 4 is 45.0 Å². The lowest BCUT2D eigenvalue weighted by atomic mass is 10.0. The highest BCUT2D eigenvalue weighted by molar-refractivity contribution is 9.10. The van der Waals surface area contributed by atoms with Gasteiger partial charge in [0.15, 0.2) is 0 Å². The van der Waals surface area contributed by atoms with Crippen molar-refractivity contribution in [2.45, 2.75) is 19.4 Å². The van der Waals surface area contributed by atoms with Crippen molar-refractivity contribution in [3.05, 3.63) is 68.1 Å². The molecule has 0 bridgehead atoms. The highest BCUT2D eigenvalue weighted by Crippen LogP contribution is 2.26. The maximum absolute atomic E-state index is 12.4. The molecule has 0 saturated heterocycles. The van der Waals surface area contributed by atoms with Crippen LogP contribution in [0, 0.1) is 0 Å². The van der Waals surface area contributed by atoms with Crippen LogP contribution in [0.2, 0.25) is 10.0 Å². The summed E-state index contributed by atoms with van der Waals surface area (Å²) >= 11 is 15.4. The van der Waals surface area contributed by atoms with E-state index in [2.05, 4.69) is 21.2 Å². The monoisotopic (exact) mass is 385 g/mol. The van der Waals surface area contributed by atoms with Gasteiger partial charge < -0.3 is 5.32 Å². The standard InChI is InChI=1S/C16H14BrCl2NO/c1-2-14(10-6-8-11(17)9-7-10)20-16(21)12-4-3-5-13(18)15(12)19/h3-9,14H,2H2,1H3,(H,20,21). The Labute approximate surface area is 142 Å². The molecule has 0 aliphatic heterocycles. The average molecular weight is 387 g/mol. The lowest BCUT2D eigenvalue weighted by molar-refractivity contribution is 0.0935. The number of carbonyl (C=O) groups is 1. The molecule has 0 aliphatic rings. The summed E-state index contributed by atoms with van der Waals surface area (Å²) in [4.78, 5) is 12.4. The third-order valence-corrected chi connectivity index (χ3v) is 4.53. The fourth-order valence-corrected chi connectivity index (χ4v) is 2.68. The lowest BCUT2D eigenvalue weighted by Crippen LogP contribution is -2.28. The summed E-state index contributed by atoms with van der Waals surface area (Å²) in [7, 11) is 0. The molecule has 1 atom stereocenters. The van der Waals surface area contributed by atoms with E-state index < -0.39 is 0 Å². The smallest absolute Gasteiger partial charge is 0.253 e. The van der Waals surface area contributed by atoms with Gasteiger partial charge in [0.25, 0.3) is 5.91 Å². The van der Waals surface area contributed by atoms with Crippen LogP contribution in [0.25, 0.3) is 0 Å². The largest absolute Gasteiger partial charge is 0.345 e. The summed E-state index contributed by atoms with van der Waals surface area (Å²) in [6.07, 6.45) is 0.783. The van der Waals surface area contributed by atoms with Gasteiger partial charge in [0.1, 0.15) is 0 Å². The van der Waals surface area contributed by atoms with E-state index >= 15 is 0 Å². The van der Waals surface area contributed by atoms with Crippen LogP contribution in [0.15, 0.2) is 46.9 Å². The third-order valence-electron chi connectivity index (χ3n) is 3.18. The second kappa shape index (κ2) is 7.30. The highest BCUT2D eigenvalue weighted by Gasteiger charge is 2.17. The first-order chi connectivity index (χ1) is 10.0. The Kier molecular flexibility index (Phi) is 5.68. The minimum Gasteiger partial charge on any atom is -0.345 e. The molecule has 2 aromatic carbocycles. The molecule has 1 unspecified atom stereocenters. The number of nitrogens with one attached hydrogen (secondary N) is 1. The molecule has 0 aliphatic carbocycles. The Bertz CT molecular complexity index is 643. The topological polar surface area (TPSA) is 29.1 Å². The van der Waals surface area contributed by atoms with Crippen molar-refractivity contribution < 1.29 is 4.79 Å². The number of halogens is 3. The number of rotatable bonds is 4. The summed E-state index contributed by atoms with van der Waals surface area (Å²) in [6, 6.07) is 12.8. The Morgan fingerprint density at radius 1 is 1.19 bits per heavy atom. The summed E-state index contributed by atoms with van der Waals surface area (Å²) < 4.78 is 1.00. The van der Waals surface area contributed by atoms with Crippen LogP contribution < -0.4 is 5.32 Å². The first-order valence-corrected chi connectivity index (χ1v) is 8.08. The second-order valence-corrected chi connectivity index (χ2v) is 6.29. The van der Waals surface area contributed by atoms with E-state index in [1.807, 2.05) is 31.2 Å². The zero-order chi connectivity index (χ0) is 15.4. The van der Waals surface area contributed by atoms with Crippen LogP contribution in [0.1, 0.15) is 35.3 Å². The number of hydrogen-bond acceptors (Lipinski definition) is 1. The van der Waals surface area contributed by atoms with Gasteiger partial charge in [0, 0.05) is 4.47 Å². The Balaban J connectivity index is 2.20. The van der Waals surface area contributed by atoms with Crippen LogP contribution in [0.4, 0.5) is 0 Å². The zero-order valence-electron chi connectivity index (χ0n) is 11.4. The summed E-state index contributed by atoms with van der Waals surface area (Å²) in [5.41, 5.74) is 1.44. The van der Waals surface area contributed by atoms with Gasteiger partial charge in [0.2, 0.25) is 0 Å². The first-order valence-electron chi connectivity index (χ1n) is 6.53. The van der Waals surface area contributed by atoms with E-state index in [0.29, 0.717) is 10.6 Å². The first kappa shape index (κ1) is 16.3. The van der Waals surface area contributed by atoms with E-state index in [1.54, 1.807) is 18.2 Å². The van der Waals surface area contributed by atoms with Crippen molar-refractivity contribution in [2.24, 2.45) is 0 Å². The summed E-state index contributed by atoms with van der Waals surface area (Å²) in [6.45, 7) is 2.02. The molecule has 2 rings (SSSR count). The molecule has 0 heterocycles. The second-order valence-electron chi connectivity index (χ2n) is 4.59. The van der Waals surface area contributed by atoms with Gasteiger partial charge in [-0.05, 0) is 36.2 Å². The zero-order valence-corrected chi connectivity index (χ0v) is 14.5.